The molecular formula is C12H16FNO4. The molecule has 1 aromatic rings. The first-order chi connectivity index (χ1) is 8.56. The Balaban J connectivity index is 2.90. The molecule has 0 aliphatic rings. The van der Waals surface area contributed by atoms with Crippen molar-refractivity contribution < 1.29 is 23.4 Å². The van der Waals surface area contributed by atoms with Crippen LogP contribution >= 0.6 is 0 Å². The molecule has 0 saturated heterocycles. The third-order valence-electron chi connectivity index (χ3n) is 2.33. The number of halogens is 1. The molecule has 0 bridgehead atoms. The molecule has 0 saturated carbocycles. The maximum absolute atomic E-state index is 13.7. The van der Waals surface area contributed by atoms with Crippen LogP contribution in [0.15, 0.2) is 24.3 Å². The first-order valence-electron chi connectivity index (χ1n) is 5.37. The molecule has 1 amide bonds. The van der Waals surface area contributed by atoms with Gasteiger partial charge in [0.2, 0.25) is 0 Å². The van der Waals surface area contributed by atoms with Crippen LogP contribution in [0.3, 0.4) is 0 Å². The van der Waals surface area contributed by atoms with E-state index in [1.807, 2.05) is 0 Å². The molecule has 18 heavy (non-hydrogen) atoms. The number of hydrogen-bond acceptors (Lipinski definition) is 4. The summed E-state index contributed by atoms with van der Waals surface area (Å²) in [5.74, 6) is -0.489. The minimum Gasteiger partial charge on any atom is -0.439 e. The van der Waals surface area contributed by atoms with Gasteiger partial charge in [0.1, 0.15) is 12.6 Å². The molecule has 1 rings (SSSR count). The molecule has 2 N–H and O–H groups in total. The topological polar surface area (TPSA) is 70.8 Å². The Morgan fingerprint density at radius 3 is 2.67 bits per heavy atom. The number of amides is 1. The number of carbonyl (C=O) groups excluding carboxylic acids is 1. The maximum atomic E-state index is 13.7. The molecule has 1 aromatic carbocycles. The molecule has 0 aromatic heterocycles. The molecule has 0 radical (unpaired) electrons. The summed E-state index contributed by atoms with van der Waals surface area (Å²) >= 11 is 0. The van der Waals surface area contributed by atoms with Crippen LogP contribution < -0.4 is 5.73 Å². The lowest BCUT2D eigenvalue weighted by molar-refractivity contribution is -0.107. The Morgan fingerprint density at radius 1 is 1.44 bits per heavy atom. The van der Waals surface area contributed by atoms with Gasteiger partial charge in [0.25, 0.3) is 0 Å². The van der Waals surface area contributed by atoms with Gasteiger partial charge < -0.3 is 19.9 Å². The fraction of sp³-hybridized carbons (Fsp3) is 0.417. The quantitative estimate of drug-likeness (QED) is 0.791. The average molecular weight is 257 g/mol. The van der Waals surface area contributed by atoms with E-state index < -0.39 is 24.1 Å². The van der Waals surface area contributed by atoms with Gasteiger partial charge in [-0.15, -0.1) is 0 Å². The highest BCUT2D eigenvalue weighted by Crippen LogP contribution is 2.25. The van der Waals surface area contributed by atoms with Gasteiger partial charge in [0.15, 0.2) is 6.10 Å². The van der Waals surface area contributed by atoms with E-state index in [1.165, 1.54) is 19.2 Å². The van der Waals surface area contributed by atoms with Crippen LogP contribution in [0.5, 0.6) is 0 Å². The standard InChI is InChI=1S/C12H16FNO4/c1-8(17-7-16-2)11(18-12(14)15)9-5-3-4-6-10(9)13/h3-6,8,11H,7H2,1-2H3,(H2,14,15). The minimum absolute atomic E-state index is 0.00818. The monoisotopic (exact) mass is 257 g/mol. The fourth-order valence-corrected chi connectivity index (χ4v) is 1.51. The van der Waals surface area contributed by atoms with E-state index in [1.54, 1.807) is 19.1 Å². The summed E-state index contributed by atoms with van der Waals surface area (Å²) in [6, 6.07) is 5.96. The SMILES string of the molecule is COCOC(C)C(OC(N)=O)c1ccccc1F. The first-order valence-corrected chi connectivity index (χ1v) is 5.37. The van der Waals surface area contributed by atoms with Gasteiger partial charge >= 0.3 is 6.09 Å². The van der Waals surface area contributed by atoms with Gasteiger partial charge in [-0.2, -0.15) is 0 Å². The van der Waals surface area contributed by atoms with Crippen LogP contribution in [0.1, 0.15) is 18.6 Å². The normalized spacial score (nSPS) is 13.9. The number of primary amides is 1. The molecule has 0 aliphatic carbocycles. The van der Waals surface area contributed by atoms with Crippen molar-refractivity contribution in [3.63, 3.8) is 0 Å². The minimum atomic E-state index is -0.990. The van der Waals surface area contributed by atoms with Crippen LogP contribution in [0, 0.1) is 5.82 Å². The number of hydrogen-bond donors (Lipinski definition) is 1. The zero-order valence-electron chi connectivity index (χ0n) is 10.3. The van der Waals surface area contributed by atoms with Crippen LogP contribution in [-0.4, -0.2) is 26.1 Å². The van der Waals surface area contributed by atoms with Crippen LogP contribution in [0.25, 0.3) is 0 Å². The van der Waals surface area contributed by atoms with Gasteiger partial charge in [-0.3, -0.25) is 0 Å². The van der Waals surface area contributed by atoms with Crippen molar-refractivity contribution >= 4 is 6.09 Å². The van der Waals surface area contributed by atoms with Gasteiger partial charge in [0.05, 0.1) is 6.10 Å². The van der Waals surface area contributed by atoms with E-state index in [0.717, 1.165) is 0 Å². The summed E-state index contributed by atoms with van der Waals surface area (Å²) in [5.41, 5.74) is 5.19. The van der Waals surface area contributed by atoms with Crippen LogP contribution in [-0.2, 0) is 14.2 Å². The highest BCUT2D eigenvalue weighted by atomic mass is 19.1. The van der Waals surface area contributed by atoms with Crippen molar-refractivity contribution in [1.29, 1.82) is 0 Å². The molecule has 2 atom stereocenters. The van der Waals surface area contributed by atoms with E-state index in [0.29, 0.717) is 0 Å². The number of benzene rings is 1. The molecule has 6 heteroatoms. The molecule has 0 fully saturated rings. The first kappa shape index (κ1) is 14.4. The summed E-state index contributed by atoms with van der Waals surface area (Å²) < 4.78 is 28.5. The van der Waals surface area contributed by atoms with E-state index in [9.17, 15) is 9.18 Å². The zero-order chi connectivity index (χ0) is 13.5. The maximum Gasteiger partial charge on any atom is 0.405 e. The number of methoxy groups -OCH3 is 1. The van der Waals surface area contributed by atoms with E-state index in [4.69, 9.17) is 19.9 Å². The Kier molecular flexibility index (Phi) is 5.54. The predicted molar refractivity (Wildman–Crippen MR) is 62.2 cm³/mol. The summed E-state index contributed by atoms with van der Waals surface area (Å²) in [6.45, 7) is 1.65. The number of carbonyl (C=O) groups is 1. The fourth-order valence-electron chi connectivity index (χ4n) is 1.51. The van der Waals surface area contributed by atoms with Crippen molar-refractivity contribution in [2.24, 2.45) is 5.73 Å². The molecular weight excluding hydrogens is 241 g/mol. The molecule has 0 heterocycles. The summed E-state index contributed by atoms with van der Waals surface area (Å²) in [4.78, 5) is 10.9. The lowest BCUT2D eigenvalue weighted by Crippen LogP contribution is -2.28. The van der Waals surface area contributed by atoms with Gasteiger partial charge in [0, 0.05) is 12.7 Å². The van der Waals surface area contributed by atoms with Crippen molar-refractivity contribution in [2.75, 3.05) is 13.9 Å². The van der Waals surface area contributed by atoms with Crippen LogP contribution in [0.2, 0.25) is 0 Å². The molecule has 2 unspecified atom stereocenters. The lowest BCUT2D eigenvalue weighted by Gasteiger charge is -2.23. The van der Waals surface area contributed by atoms with E-state index >= 15 is 0 Å². The Hall–Kier alpha value is -1.66. The lowest BCUT2D eigenvalue weighted by atomic mass is 10.0. The number of ether oxygens (including phenoxy) is 3. The Labute approximate surface area is 105 Å². The molecule has 0 aliphatic heterocycles. The largest absolute Gasteiger partial charge is 0.439 e. The molecule has 5 nitrogen and oxygen atoms in total. The third-order valence-corrected chi connectivity index (χ3v) is 2.33. The molecule has 100 valence electrons. The van der Waals surface area contributed by atoms with Crippen molar-refractivity contribution in [2.45, 2.75) is 19.1 Å². The highest BCUT2D eigenvalue weighted by molar-refractivity contribution is 5.65. The van der Waals surface area contributed by atoms with Crippen molar-refractivity contribution in [1.82, 2.24) is 0 Å². The van der Waals surface area contributed by atoms with E-state index in [2.05, 4.69) is 0 Å². The smallest absolute Gasteiger partial charge is 0.405 e. The second-order valence-corrected chi connectivity index (χ2v) is 3.66. The van der Waals surface area contributed by atoms with E-state index in [-0.39, 0.29) is 12.4 Å². The second kappa shape index (κ2) is 6.93. The van der Waals surface area contributed by atoms with Crippen LogP contribution in [0.4, 0.5) is 9.18 Å². The Morgan fingerprint density at radius 2 is 2.11 bits per heavy atom. The summed E-state index contributed by atoms with van der Waals surface area (Å²) in [6.07, 6.45) is -2.50. The third kappa shape index (κ3) is 3.97. The average Bonchev–Trinajstić information content (AvgIpc) is 2.34. The van der Waals surface area contributed by atoms with Gasteiger partial charge in [-0.05, 0) is 13.0 Å². The van der Waals surface area contributed by atoms with Gasteiger partial charge in [-0.25, -0.2) is 9.18 Å². The summed E-state index contributed by atoms with van der Waals surface area (Å²) in [5, 5.41) is 0. The van der Waals surface area contributed by atoms with Gasteiger partial charge in [-0.1, -0.05) is 18.2 Å². The predicted octanol–water partition coefficient (Wildman–Crippen LogP) is 1.97. The molecule has 0 spiro atoms. The number of nitrogens with two attached hydrogens (primary N) is 1. The highest BCUT2D eigenvalue weighted by Gasteiger charge is 2.26. The zero-order valence-corrected chi connectivity index (χ0v) is 10.3. The number of rotatable bonds is 6. The second-order valence-electron chi connectivity index (χ2n) is 3.66. The van der Waals surface area contributed by atoms with Crippen molar-refractivity contribution in [3.8, 4) is 0 Å². The summed E-state index contributed by atoms with van der Waals surface area (Å²) in [7, 11) is 1.46. The van der Waals surface area contributed by atoms with Crippen molar-refractivity contribution in [3.05, 3.63) is 35.6 Å². The Bertz CT molecular complexity index is 399.